The number of para-hydroxylation sites is 1. The number of aliphatic hydroxyl groups excluding tert-OH is 1. The van der Waals surface area contributed by atoms with Crippen LogP contribution in [-0.4, -0.2) is 23.2 Å². The van der Waals surface area contributed by atoms with E-state index in [1.807, 2.05) is 12.1 Å². The second-order valence-electron chi connectivity index (χ2n) is 4.51. The summed E-state index contributed by atoms with van der Waals surface area (Å²) in [7, 11) is 0. The Morgan fingerprint density at radius 1 is 1.29 bits per heavy atom. The maximum Gasteiger partial charge on any atom is 0.250 e. The minimum Gasteiger partial charge on any atom is -0.391 e. The van der Waals surface area contributed by atoms with E-state index in [1.54, 1.807) is 12.1 Å². The smallest absolute Gasteiger partial charge is 0.250 e. The number of benzene rings is 1. The third-order valence-electron chi connectivity index (χ3n) is 3.26. The second-order valence-corrected chi connectivity index (χ2v) is 4.51. The minimum absolute atomic E-state index is 0.0178. The Bertz CT molecular complexity index is 406. The van der Waals surface area contributed by atoms with Crippen LogP contribution in [0.15, 0.2) is 24.3 Å². The molecule has 1 aliphatic carbocycles. The van der Waals surface area contributed by atoms with Gasteiger partial charge in [0, 0.05) is 5.69 Å². The average Bonchev–Trinajstić information content (AvgIpc) is 2.32. The fourth-order valence-electron chi connectivity index (χ4n) is 2.30. The van der Waals surface area contributed by atoms with Crippen LogP contribution in [0.2, 0.25) is 0 Å². The summed E-state index contributed by atoms with van der Waals surface area (Å²) in [6, 6.07) is 7.16. The molecule has 2 atom stereocenters. The summed E-state index contributed by atoms with van der Waals surface area (Å²) in [5.41, 5.74) is 6.50. The van der Waals surface area contributed by atoms with Crippen molar-refractivity contribution in [3.05, 3.63) is 29.8 Å². The molecule has 1 saturated carbocycles. The lowest BCUT2D eigenvalue weighted by atomic mass is 9.92. The lowest BCUT2D eigenvalue weighted by Gasteiger charge is -2.29. The molecule has 1 aliphatic rings. The molecular weight excluding hydrogens is 216 g/mol. The Hall–Kier alpha value is -1.55. The van der Waals surface area contributed by atoms with Crippen LogP contribution in [0.3, 0.4) is 0 Å². The number of nitrogens with one attached hydrogen (secondary N) is 1. The molecule has 1 aromatic rings. The van der Waals surface area contributed by atoms with Gasteiger partial charge < -0.3 is 16.2 Å². The largest absolute Gasteiger partial charge is 0.391 e. The first kappa shape index (κ1) is 11.9. The number of rotatable bonds is 3. The highest BCUT2D eigenvalue weighted by molar-refractivity contribution is 5.98. The van der Waals surface area contributed by atoms with E-state index in [-0.39, 0.29) is 12.1 Å². The van der Waals surface area contributed by atoms with Gasteiger partial charge in [0.1, 0.15) is 0 Å². The summed E-state index contributed by atoms with van der Waals surface area (Å²) in [6.07, 6.45) is 3.57. The number of hydrogen-bond donors (Lipinski definition) is 3. The van der Waals surface area contributed by atoms with Crippen LogP contribution >= 0.6 is 0 Å². The van der Waals surface area contributed by atoms with E-state index in [2.05, 4.69) is 5.32 Å². The lowest BCUT2D eigenvalue weighted by molar-refractivity contribution is 0.0999. The van der Waals surface area contributed by atoms with Crippen LogP contribution in [0, 0.1) is 0 Å². The van der Waals surface area contributed by atoms with Crippen molar-refractivity contribution in [3.8, 4) is 0 Å². The zero-order valence-electron chi connectivity index (χ0n) is 9.73. The molecule has 4 N–H and O–H groups in total. The molecule has 1 amide bonds. The number of primary amides is 1. The monoisotopic (exact) mass is 234 g/mol. The van der Waals surface area contributed by atoms with Gasteiger partial charge in [-0.2, -0.15) is 0 Å². The van der Waals surface area contributed by atoms with Crippen molar-refractivity contribution in [3.63, 3.8) is 0 Å². The number of amides is 1. The molecule has 0 radical (unpaired) electrons. The fourth-order valence-corrected chi connectivity index (χ4v) is 2.30. The number of carbonyl (C=O) groups is 1. The van der Waals surface area contributed by atoms with Gasteiger partial charge in [-0.1, -0.05) is 25.0 Å². The summed E-state index contributed by atoms with van der Waals surface area (Å²) < 4.78 is 0. The topological polar surface area (TPSA) is 75.4 Å². The van der Waals surface area contributed by atoms with Crippen molar-refractivity contribution in [1.82, 2.24) is 0 Å². The highest BCUT2D eigenvalue weighted by Gasteiger charge is 2.23. The van der Waals surface area contributed by atoms with E-state index in [9.17, 15) is 9.90 Å². The first-order valence-corrected chi connectivity index (χ1v) is 6.02. The maximum atomic E-state index is 11.3. The van der Waals surface area contributed by atoms with Crippen molar-refractivity contribution in [1.29, 1.82) is 0 Å². The van der Waals surface area contributed by atoms with Crippen molar-refractivity contribution >= 4 is 11.6 Å². The number of nitrogens with two attached hydrogens (primary N) is 1. The van der Waals surface area contributed by atoms with Crippen LogP contribution < -0.4 is 11.1 Å². The van der Waals surface area contributed by atoms with Gasteiger partial charge in [-0.15, -0.1) is 0 Å². The average molecular weight is 234 g/mol. The van der Waals surface area contributed by atoms with Gasteiger partial charge in [0.05, 0.1) is 17.7 Å². The first-order chi connectivity index (χ1) is 8.18. The summed E-state index contributed by atoms with van der Waals surface area (Å²) in [4.78, 5) is 11.3. The van der Waals surface area contributed by atoms with Crippen LogP contribution in [0.5, 0.6) is 0 Å². The predicted molar refractivity (Wildman–Crippen MR) is 66.8 cm³/mol. The molecule has 0 heterocycles. The zero-order chi connectivity index (χ0) is 12.3. The van der Waals surface area contributed by atoms with Crippen molar-refractivity contribution < 1.29 is 9.90 Å². The van der Waals surface area contributed by atoms with E-state index in [0.717, 1.165) is 25.7 Å². The van der Waals surface area contributed by atoms with Gasteiger partial charge in [0.2, 0.25) is 0 Å². The molecule has 0 aliphatic heterocycles. The van der Waals surface area contributed by atoms with E-state index in [4.69, 9.17) is 5.73 Å². The Kier molecular flexibility index (Phi) is 3.64. The molecule has 2 rings (SSSR count). The summed E-state index contributed by atoms with van der Waals surface area (Å²) in [5, 5.41) is 13.1. The van der Waals surface area contributed by atoms with E-state index in [0.29, 0.717) is 11.3 Å². The number of hydrogen-bond acceptors (Lipinski definition) is 3. The highest BCUT2D eigenvalue weighted by Crippen LogP contribution is 2.24. The molecule has 17 heavy (non-hydrogen) atoms. The summed E-state index contributed by atoms with van der Waals surface area (Å²) in [6.45, 7) is 0. The molecule has 0 saturated heterocycles. The SMILES string of the molecule is NC(=O)c1ccccc1N[C@H]1CCCC[C@@H]1O. The van der Waals surface area contributed by atoms with Gasteiger partial charge >= 0.3 is 0 Å². The molecule has 4 heteroatoms. The molecule has 1 aromatic carbocycles. The van der Waals surface area contributed by atoms with Crippen molar-refractivity contribution in [2.45, 2.75) is 37.8 Å². The molecule has 4 nitrogen and oxygen atoms in total. The second kappa shape index (κ2) is 5.19. The Balaban J connectivity index is 2.14. The Labute approximate surface area is 101 Å². The third-order valence-corrected chi connectivity index (χ3v) is 3.26. The molecule has 0 aromatic heterocycles. The first-order valence-electron chi connectivity index (χ1n) is 6.02. The highest BCUT2D eigenvalue weighted by atomic mass is 16.3. The van der Waals surface area contributed by atoms with Crippen LogP contribution in [-0.2, 0) is 0 Å². The van der Waals surface area contributed by atoms with Gasteiger partial charge in [-0.05, 0) is 25.0 Å². The normalized spacial score (nSPS) is 24.3. The molecular formula is C13H18N2O2. The Morgan fingerprint density at radius 3 is 2.71 bits per heavy atom. The third kappa shape index (κ3) is 2.77. The summed E-state index contributed by atoms with van der Waals surface area (Å²) >= 11 is 0. The van der Waals surface area contributed by atoms with Crippen molar-refractivity contribution in [2.24, 2.45) is 5.73 Å². The predicted octanol–water partition coefficient (Wildman–Crippen LogP) is 1.50. The quantitative estimate of drug-likeness (QED) is 0.742. The van der Waals surface area contributed by atoms with Gasteiger partial charge in [0.15, 0.2) is 0 Å². The van der Waals surface area contributed by atoms with Gasteiger partial charge in [-0.3, -0.25) is 4.79 Å². The van der Waals surface area contributed by atoms with Crippen molar-refractivity contribution in [2.75, 3.05) is 5.32 Å². The van der Waals surface area contributed by atoms with Gasteiger partial charge in [-0.25, -0.2) is 0 Å². The molecule has 0 spiro atoms. The van der Waals surface area contributed by atoms with E-state index < -0.39 is 5.91 Å². The number of anilines is 1. The van der Waals surface area contributed by atoms with E-state index in [1.165, 1.54) is 0 Å². The summed E-state index contributed by atoms with van der Waals surface area (Å²) in [5.74, 6) is -0.446. The van der Waals surface area contributed by atoms with Crippen LogP contribution in [0.4, 0.5) is 5.69 Å². The lowest BCUT2D eigenvalue weighted by Crippen LogP contribution is -2.36. The maximum absolute atomic E-state index is 11.3. The molecule has 92 valence electrons. The van der Waals surface area contributed by atoms with Gasteiger partial charge in [0.25, 0.3) is 5.91 Å². The molecule has 0 bridgehead atoms. The number of aliphatic hydroxyl groups is 1. The molecule has 1 fully saturated rings. The molecule has 0 unspecified atom stereocenters. The van der Waals surface area contributed by atoms with E-state index >= 15 is 0 Å². The Morgan fingerprint density at radius 2 is 2.00 bits per heavy atom. The van der Waals surface area contributed by atoms with Crippen LogP contribution in [0.25, 0.3) is 0 Å². The van der Waals surface area contributed by atoms with Crippen LogP contribution in [0.1, 0.15) is 36.0 Å². The minimum atomic E-state index is -0.446. The zero-order valence-corrected chi connectivity index (χ0v) is 9.73. The number of carbonyl (C=O) groups excluding carboxylic acids is 1. The standard InChI is InChI=1S/C13H18N2O2/c14-13(17)9-5-1-2-6-10(9)15-11-7-3-4-8-12(11)16/h1-2,5-6,11-12,15-16H,3-4,7-8H2,(H2,14,17)/t11-,12-/m0/s1. The fraction of sp³-hybridized carbons (Fsp3) is 0.462.